The molecule has 20 nitrogen and oxygen atoms in total. The third-order valence-corrected chi connectivity index (χ3v) is 7.14. The molecular weight excluding hydrogens is 800 g/mol. The second kappa shape index (κ2) is 58.2. The molecule has 0 aromatic heterocycles. The Morgan fingerprint density at radius 3 is 0.367 bits per heavy atom. The zero-order valence-corrected chi connectivity index (χ0v) is 36.8. The first-order valence-corrected chi connectivity index (χ1v) is 21.5. The van der Waals surface area contributed by atoms with E-state index in [1.165, 1.54) is 0 Å². The molecule has 0 fully saturated rings. The molecule has 60 heavy (non-hydrogen) atoms. The number of rotatable bonds is 57. The Balaban J connectivity index is 3.06. The van der Waals surface area contributed by atoms with Crippen LogP contribution in [0.1, 0.15) is 6.92 Å². The minimum Gasteiger partial charge on any atom is -0.394 e. The molecule has 0 aromatic carbocycles. The van der Waals surface area contributed by atoms with Crippen molar-refractivity contribution >= 4 is 0 Å². The van der Waals surface area contributed by atoms with Gasteiger partial charge in [-0.2, -0.15) is 0 Å². The van der Waals surface area contributed by atoms with Crippen molar-refractivity contribution in [2.24, 2.45) is 0 Å². The van der Waals surface area contributed by atoms with Crippen molar-refractivity contribution in [3.63, 3.8) is 0 Å². The highest BCUT2D eigenvalue weighted by Gasteiger charge is 1.98. The second-order valence-electron chi connectivity index (χ2n) is 11.9. The molecule has 0 amide bonds. The fourth-order valence-corrected chi connectivity index (χ4v) is 4.17. The van der Waals surface area contributed by atoms with Gasteiger partial charge in [0.1, 0.15) is 0 Å². The van der Waals surface area contributed by atoms with Crippen molar-refractivity contribution in [1.29, 1.82) is 0 Å². The molecule has 0 aliphatic rings. The maximum Gasteiger partial charge on any atom is 0.0701 e. The lowest BCUT2D eigenvalue weighted by atomic mass is 10.6. The Labute approximate surface area is 359 Å². The van der Waals surface area contributed by atoms with Crippen LogP contribution < -0.4 is 0 Å². The highest BCUT2D eigenvalue weighted by Crippen LogP contribution is 1.89. The Morgan fingerprint density at radius 2 is 0.267 bits per heavy atom. The third-order valence-electron chi connectivity index (χ3n) is 7.14. The van der Waals surface area contributed by atoms with Gasteiger partial charge in [-0.1, -0.05) is 0 Å². The Bertz CT molecular complexity index is 677. The second-order valence-corrected chi connectivity index (χ2v) is 11.9. The summed E-state index contributed by atoms with van der Waals surface area (Å²) in [4.78, 5) is 0. The fraction of sp³-hybridized carbons (Fsp3) is 1.00. The molecule has 0 saturated heterocycles. The van der Waals surface area contributed by atoms with Crippen LogP contribution in [0.25, 0.3) is 0 Å². The number of hydrogen-bond acceptors (Lipinski definition) is 20. The van der Waals surface area contributed by atoms with E-state index >= 15 is 0 Å². The Kier molecular flexibility index (Phi) is 57.4. The average molecular weight is 883 g/mol. The van der Waals surface area contributed by atoms with Gasteiger partial charge in [-0.3, -0.25) is 0 Å². The molecule has 0 unspecified atom stereocenters. The van der Waals surface area contributed by atoms with E-state index in [-0.39, 0.29) is 6.61 Å². The molecule has 0 atom stereocenters. The zero-order valence-electron chi connectivity index (χ0n) is 36.8. The van der Waals surface area contributed by atoms with Gasteiger partial charge in [0.2, 0.25) is 0 Å². The van der Waals surface area contributed by atoms with Crippen LogP contribution in [0.3, 0.4) is 0 Å². The molecular formula is C40H82O20. The summed E-state index contributed by atoms with van der Waals surface area (Å²) in [5, 5.41) is 8.60. The van der Waals surface area contributed by atoms with E-state index in [9.17, 15) is 0 Å². The van der Waals surface area contributed by atoms with E-state index in [1.807, 2.05) is 6.92 Å². The number of ether oxygens (including phenoxy) is 19. The fourth-order valence-electron chi connectivity index (χ4n) is 4.17. The first-order chi connectivity index (χ1) is 29.9. The van der Waals surface area contributed by atoms with Gasteiger partial charge in [-0.15, -0.1) is 0 Å². The number of hydrogen-bond donors (Lipinski definition) is 1. The van der Waals surface area contributed by atoms with E-state index in [4.69, 9.17) is 95.1 Å². The Morgan fingerprint density at radius 1 is 0.167 bits per heavy atom. The summed E-state index contributed by atoms with van der Waals surface area (Å²) in [6.45, 7) is 21.3. The van der Waals surface area contributed by atoms with Crippen LogP contribution in [0.15, 0.2) is 0 Å². The molecule has 1 N–H and O–H groups in total. The zero-order chi connectivity index (χ0) is 43.0. The maximum atomic E-state index is 8.60. The predicted octanol–water partition coefficient (Wildman–Crippen LogP) is 0.314. The monoisotopic (exact) mass is 883 g/mol. The molecule has 0 saturated carbocycles. The first-order valence-electron chi connectivity index (χ1n) is 21.5. The SMILES string of the molecule is CCOCCOCCOCCOCCOCCOCCOCCOCCOCCOCCOCCOCCOCCOCCOCCOCCOCCOCCOCCO. The molecule has 0 aliphatic carbocycles. The van der Waals surface area contributed by atoms with Crippen LogP contribution in [-0.4, -0.2) is 263 Å². The van der Waals surface area contributed by atoms with E-state index in [0.717, 1.165) is 0 Å². The highest BCUT2D eigenvalue weighted by molar-refractivity contribution is 4.41. The lowest BCUT2D eigenvalue weighted by molar-refractivity contribution is -0.0312. The van der Waals surface area contributed by atoms with Gasteiger partial charge in [0.25, 0.3) is 0 Å². The van der Waals surface area contributed by atoms with Crippen LogP contribution in [0, 0.1) is 0 Å². The summed E-state index contributed by atoms with van der Waals surface area (Å²) in [7, 11) is 0. The highest BCUT2D eigenvalue weighted by atomic mass is 16.6. The summed E-state index contributed by atoms with van der Waals surface area (Å²) in [5.41, 5.74) is 0. The molecule has 0 rings (SSSR count). The van der Waals surface area contributed by atoms with Gasteiger partial charge < -0.3 is 95.1 Å². The van der Waals surface area contributed by atoms with Crippen molar-refractivity contribution in [3.8, 4) is 0 Å². The lowest BCUT2D eigenvalue weighted by Gasteiger charge is -2.09. The molecule has 0 aliphatic heterocycles. The molecule has 362 valence electrons. The van der Waals surface area contributed by atoms with Crippen molar-refractivity contribution in [2.75, 3.05) is 258 Å². The summed E-state index contributed by atoms with van der Waals surface area (Å²) in [6, 6.07) is 0. The quantitative estimate of drug-likeness (QED) is 0.0820. The van der Waals surface area contributed by atoms with Gasteiger partial charge in [0, 0.05) is 6.61 Å². The average Bonchev–Trinajstić information content (AvgIpc) is 3.26. The van der Waals surface area contributed by atoms with Gasteiger partial charge >= 0.3 is 0 Å². The minimum absolute atomic E-state index is 0.0207. The molecule has 20 heteroatoms. The number of aliphatic hydroxyl groups is 1. The Hall–Kier alpha value is -0.800. The molecule has 0 aromatic rings. The normalized spacial score (nSPS) is 11.7. The summed E-state index contributed by atoms with van der Waals surface area (Å²) in [6.07, 6.45) is 0. The predicted molar refractivity (Wildman–Crippen MR) is 218 cm³/mol. The van der Waals surface area contributed by atoms with Gasteiger partial charge in [0.05, 0.1) is 251 Å². The third kappa shape index (κ3) is 57.2. The van der Waals surface area contributed by atoms with Crippen molar-refractivity contribution in [3.05, 3.63) is 0 Å². The lowest BCUT2D eigenvalue weighted by Crippen LogP contribution is -2.16. The summed E-state index contributed by atoms with van der Waals surface area (Å²) in [5.74, 6) is 0. The van der Waals surface area contributed by atoms with E-state index < -0.39 is 0 Å². The first kappa shape index (κ1) is 59.2. The standard InChI is InChI=1S/C40H82O20/c1-2-42-5-6-44-9-10-46-13-14-48-17-18-50-21-22-52-25-26-54-29-30-56-33-34-58-37-38-60-40-39-59-36-35-57-32-31-55-28-27-53-24-23-51-20-19-49-16-15-47-12-11-45-8-7-43-4-3-41/h41H,2-40H2,1H3. The number of aliphatic hydroxyl groups excluding tert-OH is 1. The summed E-state index contributed by atoms with van der Waals surface area (Å²) < 4.78 is 103. The van der Waals surface area contributed by atoms with Gasteiger partial charge in [-0.25, -0.2) is 0 Å². The smallest absolute Gasteiger partial charge is 0.0701 e. The topological polar surface area (TPSA) is 196 Å². The summed E-state index contributed by atoms with van der Waals surface area (Å²) >= 11 is 0. The minimum atomic E-state index is 0.0207. The van der Waals surface area contributed by atoms with Gasteiger partial charge in [0.15, 0.2) is 0 Å². The van der Waals surface area contributed by atoms with E-state index in [0.29, 0.717) is 251 Å². The van der Waals surface area contributed by atoms with Crippen molar-refractivity contribution in [2.45, 2.75) is 6.92 Å². The van der Waals surface area contributed by atoms with E-state index in [1.54, 1.807) is 0 Å². The van der Waals surface area contributed by atoms with Crippen molar-refractivity contribution in [1.82, 2.24) is 0 Å². The van der Waals surface area contributed by atoms with Crippen LogP contribution >= 0.6 is 0 Å². The molecule has 0 heterocycles. The van der Waals surface area contributed by atoms with Gasteiger partial charge in [-0.05, 0) is 6.92 Å². The van der Waals surface area contributed by atoms with Crippen LogP contribution in [0.2, 0.25) is 0 Å². The maximum absolute atomic E-state index is 8.60. The van der Waals surface area contributed by atoms with Crippen LogP contribution in [-0.2, 0) is 90.0 Å². The molecule has 0 radical (unpaired) electrons. The van der Waals surface area contributed by atoms with E-state index in [2.05, 4.69) is 0 Å². The van der Waals surface area contributed by atoms with Crippen LogP contribution in [0.5, 0.6) is 0 Å². The molecule has 0 bridgehead atoms. The van der Waals surface area contributed by atoms with Crippen LogP contribution in [0.4, 0.5) is 0 Å². The molecule has 0 spiro atoms. The van der Waals surface area contributed by atoms with Crippen molar-refractivity contribution < 1.29 is 95.1 Å². The largest absolute Gasteiger partial charge is 0.394 e.